The van der Waals surface area contributed by atoms with E-state index in [0.717, 1.165) is 22.7 Å². The van der Waals surface area contributed by atoms with Crippen LogP contribution in [0, 0.1) is 0 Å². The Morgan fingerprint density at radius 1 is 1.24 bits per heavy atom. The van der Waals surface area contributed by atoms with Crippen molar-refractivity contribution >= 4 is 84.0 Å². The van der Waals surface area contributed by atoms with Crippen LogP contribution in [-0.4, -0.2) is 51.6 Å². The summed E-state index contributed by atoms with van der Waals surface area (Å²) in [5.41, 5.74) is 0.634. The molecule has 4 rings (SSSR count). The van der Waals surface area contributed by atoms with Crippen LogP contribution in [0.5, 0.6) is 0 Å². The van der Waals surface area contributed by atoms with Gasteiger partial charge in [-0.05, 0) is 41.8 Å². The summed E-state index contributed by atoms with van der Waals surface area (Å²) in [6.45, 7) is 0.164. The number of sulfone groups is 1. The van der Waals surface area contributed by atoms with Gasteiger partial charge >= 0.3 is 0 Å². The first kappa shape index (κ1) is 23.7. The van der Waals surface area contributed by atoms with Crippen molar-refractivity contribution in [2.45, 2.75) is 11.3 Å². The van der Waals surface area contributed by atoms with Crippen molar-refractivity contribution in [1.82, 2.24) is 14.3 Å². The molecule has 170 valence electrons. The quantitative estimate of drug-likeness (QED) is 0.358. The minimum atomic E-state index is -3.29. The number of rotatable bonds is 7. The average Bonchev–Trinajstić information content (AvgIpc) is 3.49. The highest BCUT2D eigenvalue weighted by molar-refractivity contribution is 8.26. The zero-order chi connectivity index (χ0) is 23.6. The molecule has 1 N–H and O–H groups in total. The summed E-state index contributed by atoms with van der Waals surface area (Å²) < 4.78 is 27.8. The number of carbonyl (C=O) groups is 2. The van der Waals surface area contributed by atoms with Crippen LogP contribution in [0.3, 0.4) is 0 Å². The third-order valence-corrected chi connectivity index (χ3v) is 8.42. The number of hydrogen-bond acceptors (Lipinski definition) is 10. The number of thiocarbonyl (C=S) groups is 1. The Morgan fingerprint density at radius 2 is 2.00 bits per heavy atom. The van der Waals surface area contributed by atoms with Crippen LogP contribution in [0.2, 0.25) is 0 Å². The van der Waals surface area contributed by atoms with Crippen molar-refractivity contribution in [1.29, 1.82) is 0 Å². The van der Waals surface area contributed by atoms with Gasteiger partial charge in [-0.1, -0.05) is 30.0 Å². The zero-order valence-corrected chi connectivity index (χ0v) is 21.1. The molecule has 0 radical (unpaired) electrons. The SMILES string of the molecule is CS(=O)(=O)c1ccc(-c2nsc(NC(=O)CCN3C(=O)/C(=C/c4cccs4)SC3=S)n2)cc1. The number of thiophene rings is 1. The van der Waals surface area contributed by atoms with E-state index in [9.17, 15) is 18.0 Å². The predicted molar refractivity (Wildman–Crippen MR) is 136 cm³/mol. The molecular formula is C20H16N4O4S5. The maximum atomic E-state index is 12.6. The first-order chi connectivity index (χ1) is 15.7. The molecule has 0 unspecified atom stereocenters. The number of nitrogens with zero attached hydrogens (tertiary/aromatic N) is 3. The van der Waals surface area contributed by atoms with E-state index < -0.39 is 9.84 Å². The Bertz CT molecular complexity index is 1350. The van der Waals surface area contributed by atoms with Crippen LogP contribution in [0.15, 0.2) is 51.6 Å². The van der Waals surface area contributed by atoms with E-state index >= 15 is 0 Å². The number of anilines is 1. The molecule has 0 bridgehead atoms. The standard InChI is InChI=1S/C20H16N4O4S5/c1-33(27,28)14-6-4-12(5-7-14)17-22-19(32-23-17)21-16(25)8-9-24-18(26)15(31-20(24)29)11-13-3-2-10-30-13/h2-7,10-11H,8-9H2,1H3,(H,21,22,23,25)/b15-11-. The highest BCUT2D eigenvalue weighted by Gasteiger charge is 2.32. The topological polar surface area (TPSA) is 109 Å². The summed E-state index contributed by atoms with van der Waals surface area (Å²) in [4.78, 5) is 32.4. The van der Waals surface area contributed by atoms with Gasteiger partial charge < -0.3 is 5.32 Å². The van der Waals surface area contributed by atoms with E-state index in [-0.39, 0.29) is 29.7 Å². The number of nitrogens with one attached hydrogen (secondary N) is 1. The molecule has 0 spiro atoms. The van der Waals surface area contributed by atoms with Gasteiger partial charge in [0.1, 0.15) is 4.32 Å². The van der Waals surface area contributed by atoms with E-state index in [1.165, 1.54) is 40.1 Å². The van der Waals surface area contributed by atoms with Crippen molar-refractivity contribution in [2.24, 2.45) is 0 Å². The van der Waals surface area contributed by atoms with Gasteiger partial charge in [-0.2, -0.15) is 9.36 Å². The van der Waals surface area contributed by atoms with Gasteiger partial charge in [-0.25, -0.2) is 8.42 Å². The van der Waals surface area contributed by atoms with Gasteiger partial charge in [0.05, 0.1) is 9.80 Å². The molecule has 1 aliphatic rings. The zero-order valence-electron chi connectivity index (χ0n) is 17.0. The fourth-order valence-corrected chi connectivity index (χ4v) is 6.10. The lowest BCUT2D eigenvalue weighted by Gasteiger charge is -2.13. The van der Waals surface area contributed by atoms with Crippen LogP contribution >= 0.6 is 46.8 Å². The first-order valence-electron chi connectivity index (χ1n) is 9.43. The Morgan fingerprint density at radius 3 is 2.67 bits per heavy atom. The molecule has 2 aromatic heterocycles. The summed E-state index contributed by atoms with van der Waals surface area (Å²) in [5, 5.41) is 4.92. The smallest absolute Gasteiger partial charge is 0.266 e. The molecule has 3 aromatic rings. The molecule has 13 heteroatoms. The number of benzene rings is 1. The van der Waals surface area contributed by atoms with E-state index in [1.807, 2.05) is 17.5 Å². The van der Waals surface area contributed by atoms with Crippen molar-refractivity contribution in [3.05, 3.63) is 51.6 Å². The molecule has 1 aromatic carbocycles. The van der Waals surface area contributed by atoms with Gasteiger partial charge in [0.2, 0.25) is 11.0 Å². The van der Waals surface area contributed by atoms with Crippen molar-refractivity contribution in [2.75, 3.05) is 18.1 Å². The van der Waals surface area contributed by atoms with Crippen LogP contribution < -0.4 is 5.32 Å². The van der Waals surface area contributed by atoms with E-state index in [4.69, 9.17) is 12.2 Å². The third kappa shape index (κ3) is 5.73. The molecule has 0 aliphatic carbocycles. The van der Waals surface area contributed by atoms with E-state index in [1.54, 1.807) is 18.2 Å². The van der Waals surface area contributed by atoms with Crippen molar-refractivity contribution in [3.63, 3.8) is 0 Å². The fourth-order valence-electron chi connectivity index (χ4n) is 2.83. The van der Waals surface area contributed by atoms with E-state index in [0.29, 0.717) is 25.7 Å². The molecule has 2 amide bonds. The second-order valence-corrected chi connectivity index (χ2v) is 12.3. The third-order valence-electron chi connectivity index (χ3n) is 4.47. The van der Waals surface area contributed by atoms with Gasteiger partial charge in [0.25, 0.3) is 5.91 Å². The number of carbonyl (C=O) groups excluding carboxylic acids is 2. The average molecular weight is 537 g/mol. The van der Waals surface area contributed by atoms with Gasteiger partial charge in [-0.15, -0.1) is 11.3 Å². The van der Waals surface area contributed by atoms with Crippen molar-refractivity contribution < 1.29 is 18.0 Å². The Hall–Kier alpha value is -2.45. The summed E-state index contributed by atoms with van der Waals surface area (Å²) in [6.07, 6.45) is 2.99. The maximum absolute atomic E-state index is 12.6. The molecule has 0 atom stereocenters. The number of hydrogen-bond donors (Lipinski definition) is 1. The highest BCUT2D eigenvalue weighted by Crippen LogP contribution is 2.33. The summed E-state index contributed by atoms with van der Waals surface area (Å²) >= 11 is 9.07. The lowest BCUT2D eigenvalue weighted by atomic mass is 10.2. The highest BCUT2D eigenvalue weighted by atomic mass is 32.2. The number of thioether (sulfide) groups is 1. The lowest BCUT2D eigenvalue weighted by molar-refractivity contribution is -0.122. The Balaban J connectivity index is 1.34. The van der Waals surface area contributed by atoms with Gasteiger partial charge in [-0.3, -0.25) is 14.5 Å². The minimum Gasteiger partial charge on any atom is -0.301 e. The van der Waals surface area contributed by atoms with Crippen molar-refractivity contribution in [3.8, 4) is 11.4 Å². The van der Waals surface area contributed by atoms with Crippen LogP contribution in [-0.2, 0) is 19.4 Å². The summed E-state index contributed by atoms with van der Waals surface area (Å²) in [6, 6.07) is 10.0. The molecule has 8 nitrogen and oxygen atoms in total. The largest absolute Gasteiger partial charge is 0.301 e. The Labute approximate surface area is 207 Å². The normalized spacial score (nSPS) is 15.4. The summed E-state index contributed by atoms with van der Waals surface area (Å²) in [7, 11) is -3.29. The lowest BCUT2D eigenvalue weighted by Crippen LogP contribution is -2.31. The second-order valence-electron chi connectivity index (χ2n) is 6.87. The molecule has 1 fully saturated rings. The monoisotopic (exact) mass is 536 g/mol. The van der Waals surface area contributed by atoms with Crippen LogP contribution in [0.25, 0.3) is 17.5 Å². The van der Waals surface area contributed by atoms with E-state index in [2.05, 4.69) is 14.7 Å². The van der Waals surface area contributed by atoms with Crippen LogP contribution in [0.4, 0.5) is 5.13 Å². The molecule has 1 saturated heterocycles. The molecule has 3 heterocycles. The molecule has 33 heavy (non-hydrogen) atoms. The van der Waals surface area contributed by atoms with Crippen LogP contribution in [0.1, 0.15) is 11.3 Å². The summed E-state index contributed by atoms with van der Waals surface area (Å²) in [5.74, 6) is -0.144. The maximum Gasteiger partial charge on any atom is 0.266 e. The Kier molecular flexibility index (Phi) is 7.05. The number of aromatic nitrogens is 2. The fraction of sp³-hybridized carbons (Fsp3) is 0.150. The number of amides is 2. The minimum absolute atomic E-state index is 0.0523. The molecular weight excluding hydrogens is 521 g/mol. The second kappa shape index (κ2) is 9.81. The molecule has 1 aliphatic heterocycles. The van der Waals surface area contributed by atoms with Gasteiger partial charge in [0, 0.05) is 41.2 Å². The first-order valence-corrected chi connectivity index (χ1v) is 14.2. The predicted octanol–water partition coefficient (Wildman–Crippen LogP) is 3.90. The van der Waals surface area contributed by atoms with Gasteiger partial charge in [0.15, 0.2) is 15.7 Å². The molecule has 0 saturated carbocycles.